The second kappa shape index (κ2) is 19.3. The van der Waals surface area contributed by atoms with Crippen molar-refractivity contribution in [3.63, 3.8) is 0 Å². The van der Waals surface area contributed by atoms with E-state index in [-0.39, 0.29) is 52.5 Å². The van der Waals surface area contributed by atoms with Crippen molar-refractivity contribution in [2.24, 2.45) is 0 Å². The summed E-state index contributed by atoms with van der Waals surface area (Å²) in [6, 6.07) is 10.1. The van der Waals surface area contributed by atoms with Crippen molar-refractivity contribution in [1.82, 2.24) is 0 Å². The summed E-state index contributed by atoms with van der Waals surface area (Å²) in [4.78, 5) is 12.5. The Bertz CT molecular complexity index is 457. The van der Waals surface area contributed by atoms with Crippen molar-refractivity contribution in [2.75, 3.05) is 6.61 Å². The van der Waals surface area contributed by atoms with Crippen LogP contribution in [0, 0.1) is 0 Å². The molecular weight excluding hydrogens is 360 g/mol. The Morgan fingerprint density at radius 1 is 0.815 bits per heavy atom. The molecular formula is C24H42CaO2. The van der Waals surface area contributed by atoms with Gasteiger partial charge in [0.2, 0.25) is 0 Å². The van der Waals surface area contributed by atoms with Crippen molar-refractivity contribution < 1.29 is 12.4 Å². The Morgan fingerprint density at radius 3 is 1.89 bits per heavy atom. The van der Waals surface area contributed by atoms with Crippen molar-refractivity contribution in [3.05, 3.63) is 35.9 Å². The van der Waals surface area contributed by atoms with Crippen LogP contribution >= 0.6 is 0 Å². The van der Waals surface area contributed by atoms with Gasteiger partial charge in [0.05, 0.1) is 12.5 Å². The number of ether oxygens (including phenoxy) is 1. The van der Waals surface area contributed by atoms with Gasteiger partial charge in [-0.25, -0.2) is 0 Å². The summed E-state index contributed by atoms with van der Waals surface area (Å²) in [5, 5.41) is 0. The van der Waals surface area contributed by atoms with E-state index in [2.05, 4.69) is 26.0 Å². The molecule has 0 aliphatic carbocycles. The Kier molecular flexibility index (Phi) is 19.2. The van der Waals surface area contributed by atoms with Gasteiger partial charge in [-0.2, -0.15) is 0 Å². The molecule has 0 bridgehead atoms. The Hall–Kier alpha value is -0.0503. The Morgan fingerprint density at radius 2 is 1.33 bits per heavy atom. The second-order valence-corrected chi connectivity index (χ2v) is 7.45. The zero-order chi connectivity index (χ0) is 18.9. The SMILES string of the molecule is CCCCCCCCCCCCC(C(=O)OCCCC)c1ccccc1.[Ca+2].[H-].[H-]. The molecule has 0 saturated heterocycles. The molecule has 0 N–H and O–H groups in total. The Balaban J connectivity index is -0.00000225. The summed E-state index contributed by atoms with van der Waals surface area (Å²) in [5.74, 6) is -0.136. The molecule has 27 heavy (non-hydrogen) atoms. The van der Waals surface area contributed by atoms with Crippen LogP contribution in [0.2, 0.25) is 0 Å². The summed E-state index contributed by atoms with van der Waals surface area (Å²) in [5.41, 5.74) is 1.10. The minimum absolute atomic E-state index is 0. The van der Waals surface area contributed by atoms with E-state index >= 15 is 0 Å². The maximum absolute atomic E-state index is 12.5. The molecule has 0 saturated carbocycles. The summed E-state index contributed by atoms with van der Waals surface area (Å²) in [6.45, 7) is 4.94. The van der Waals surface area contributed by atoms with Gasteiger partial charge in [-0.1, -0.05) is 115 Å². The molecule has 152 valence electrons. The van der Waals surface area contributed by atoms with E-state index in [1.165, 1.54) is 57.8 Å². The summed E-state index contributed by atoms with van der Waals surface area (Å²) in [7, 11) is 0. The first-order valence-corrected chi connectivity index (χ1v) is 11.0. The van der Waals surface area contributed by atoms with Crippen LogP contribution in [-0.2, 0) is 9.53 Å². The van der Waals surface area contributed by atoms with Crippen molar-refractivity contribution >= 4 is 43.7 Å². The Labute approximate surface area is 200 Å². The molecule has 1 rings (SSSR count). The molecule has 0 aliphatic heterocycles. The van der Waals surface area contributed by atoms with Crippen LogP contribution < -0.4 is 0 Å². The molecule has 0 spiro atoms. The van der Waals surface area contributed by atoms with Crippen LogP contribution in [0.5, 0.6) is 0 Å². The zero-order valence-electron chi connectivity index (χ0n) is 19.9. The van der Waals surface area contributed by atoms with Gasteiger partial charge in [0.15, 0.2) is 0 Å². The quantitative estimate of drug-likeness (QED) is 0.165. The van der Waals surface area contributed by atoms with Gasteiger partial charge in [-0.15, -0.1) is 0 Å². The van der Waals surface area contributed by atoms with Gasteiger partial charge in [0.1, 0.15) is 0 Å². The molecule has 0 aromatic heterocycles. The number of benzene rings is 1. The van der Waals surface area contributed by atoms with E-state index in [4.69, 9.17) is 4.74 Å². The van der Waals surface area contributed by atoms with Gasteiger partial charge >= 0.3 is 43.7 Å². The predicted molar refractivity (Wildman–Crippen MR) is 119 cm³/mol. The molecule has 0 fully saturated rings. The normalized spacial score (nSPS) is 11.6. The smallest absolute Gasteiger partial charge is 1.00 e. The van der Waals surface area contributed by atoms with Crippen molar-refractivity contribution in [3.8, 4) is 0 Å². The third kappa shape index (κ3) is 13.7. The minimum Gasteiger partial charge on any atom is -1.00 e. The topological polar surface area (TPSA) is 26.3 Å². The average molecular weight is 403 g/mol. The molecule has 0 aliphatic rings. The molecule has 1 unspecified atom stereocenters. The zero-order valence-corrected chi connectivity index (χ0v) is 20.1. The maximum Gasteiger partial charge on any atom is 2.00 e. The fourth-order valence-corrected chi connectivity index (χ4v) is 3.36. The van der Waals surface area contributed by atoms with E-state index in [0.29, 0.717) is 6.61 Å². The van der Waals surface area contributed by atoms with Gasteiger partial charge < -0.3 is 7.59 Å². The number of hydrogen-bond acceptors (Lipinski definition) is 2. The van der Waals surface area contributed by atoms with E-state index in [1.807, 2.05) is 18.2 Å². The van der Waals surface area contributed by atoms with Crippen LogP contribution in [0.3, 0.4) is 0 Å². The number of rotatable bonds is 16. The molecule has 0 radical (unpaired) electrons. The fourth-order valence-electron chi connectivity index (χ4n) is 3.36. The van der Waals surface area contributed by atoms with Crippen molar-refractivity contribution in [2.45, 2.75) is 103 Å². The number of carbonyl (C=O) groups is 1. The van der Waals surface area contributed by atoms with E-state index < -0.39 is 0 Å². The third-order valence-electron chi connectivity index (χ3n) is 5.08. The molecule has 0 amide bonds. The van der Waals surface area contributed by atoms with Crippen molar-refractivity contribution in [1.29, 1.82) is 0 Å². The largest absolute Gasteiger partial charge is 2.00 e. The monoisotopic (exact) mass is 402 g/mol. The van der Waals surface area contributed by atoms with E-state index in [1.54, 1.807) is 0 Å². The first kappa shape index (κ1) is 26.9. The number of unbranched alkanes of at least 4 members (excludes halogenated alkanes) is 10. The number of esters is 1. The first-order valence-electron chi connectivity index (χ1n) is 11.0. The van der Waals surface area contributed by atoms with Gasteiger partial charge in [0.25, 0.3) is 0 Å². The van der Waals surface area contributed by atoms with Gasteiger partial charge in [-0.3, -0.25) is 4.79 Å². The van der Waals surface area contributed by atoms with Crippen LogP contribution in [-0.4, -0.2) is 50.3 Å². The maximum atomic E-state index is 12.5. The first-order chi connectivity index (χ1) is 12.8. The van der Waals surface area contributed by atoms with Crippen LogP contribution in [0.4, 0.5) is 0 Å². The second-order valence-electron chi connectivity index (χ2n) is 7.45. The van der Waals surface area contributed by atoms with E-state index in [0.717, 1.165) is 31.2 Å². The molecule has 1 atom stereocenters. The predicted octanol–water partition coefficient (Wildman–Crippen LogP) is 7.27. The molecule has 0 heterocycles. The summed E-state index contributed by atoms with van der Waals surface area (Å²) in [6.07, 6.45) is 16.1. The molecule has 1 aromatic rings. The number of hydrogen-bond donors (Lipinski definition) is 0. The fraction of sp³-hybridized carbons (Fsp3) is 0.708. The standard InChI is InChI=1S/C24H40O2.Ca.2H/c1-3-5-7-8-9-10-11-12-13-17-20-23(22-18-15-14-16-19-22)24(25)26-21-6-4-2;;;/h14-16,18-19,23H,3-13,17,20-21H2,1-2H3;;;/q;+2;2*-1. The minimum atomic E-state index is -0.0953. The van der Waals surface area contributed by atoms with Gasteiger partial charge in [-0.05, 0) is 18.4 Å². The molecule has 2 nitrogen and oxygen atoms in total. The van der Waals surface area contributed by atoms with E-state index in [9.17, 15) is 4.79 Å². The van der Waals surface area contributed by atoms with Crippen LogP contribution in [0.1, 0.15) is 112 Å². The van der Waals surface area contributed by atoms with Crippen LogP contribution in [0.15, 0.2) is 30.3 Å². The average Bonchev–Trinajstić information content (AvgIpc) is 2.67. The van der Waals surface area contributed by atoms with Crippen LogP contribution in [0.25, 0.3) is 0 Å². The molecule has 1 aromatic carbocycles. The molecule has 3 heteroatoms. The van der Waals surface area contributed by atoms with Gasteiger partial charge in [0, 0.05) is 0 Å². The third-order valence-corrected chi connectivity index (χ3v) is 5.08. The summed E-state index contributed by atoms with van der Waals surface area (Å²) >= 11 is 0. The summed E-state index contributed by atoms with van der Waals surface area (Å²) < 4.78 is 5.50. The number of carbonyl (C=O) groups excluding carboxylic acids is 1.